The minimum Gasteiger partial charge on any atom is -0.376 e. The Balaban J connectivity index is 1.50. The molecule has 1 aromatic carbocycles. The predicted molar refractivity (Wildman–Crippen MR) is 112 cm³/mol. The highest BCUT2D eigenvalue weighted by Crippen LogP contribution is 2.26. The number of fused-ring (bicyclic) bond motifs is 3. The van der Waals surface area contributed by atoms with Gasteiger partial charge in [0.2, 0.25) is 5.65 Å². The van der Waals surface area contributed by atoms with Crippen molar-refractivity contribution in [2.75, 3.05) is 6.61 Å². The second-order valence-electron chi connectivity index (χ2n) is 7.51. The van der Waals surface area contributed by atoms with Gasteiger partial charge < -0.3 is 14.6 Å². The molecule has 8 heteroatoms. The third kappa shape index (κ3) is 3.50. The van der Waals surface area contributed by atoms with Crippen LogP contribution in [0, 0.1) is 6.92 Å². The van der Waals surface area contributed by atoms with E-state index < -0.39 is 0 Å². The van der Waals surface area contributed by atoms with E-state index in [1.807, 2.05) is 37.3 Å². The lowest BCUT2D eigenvalue weighted by molar-refractivity contribution is 0.0950. The van der Waals surface area contributed by atoms with Gasteiger partial charge in [-0.25, -0.2) is 4.98 Å². The minimum atomic E-state index is -0.158. The van der Waals surface area contributed by atoms with Gasteiger partial charge in [0.05, 0.1) is 35.9 Å². The monoisotopic (exact) mass is 402 g/mol. The molecule has 8 nitrogen and oxygen atoms in total. The number of rotatable bonds is 5. The van der Waals surface area contributed by atoms with Crippen molar-refractivity contribution in [1.82, 2.24) is 30.0 Å². The molecule has 4 aromatic rings. The maximum Gasteiger partial charge on any atom is 0.251 e. The molecule has 5 rings (SSSR count). The second-order valence-corrected chi connectivity index (χ2v) is 7.51. The van der Waals surface area contributed by atoms with Crippen LogP contribution < -0.4 is 5.32 Å². The Morgan fingerprint density at radius 3 is 3.00 bits per heavy atom. The number of benzene rings is 1. The van der Waals surface area contributed by atoms with E-state index in [2.05, 4.69) is 30.0 Å². The lowest BCUT2D eigenvalue weighted by Gasteiger charge is -2.13. The van der Waals surface area contributed by atoms with Crippen LogP contribution in [0.1, 0.15) is 34.7 Å². The van der Waals surface area contributed by atoms with Crippen molar-refractivity contribution in [3.63, 3.8) is 0 Å². The number of ether oxygens (including phenoxy) is 1. The average Bonchev–Trinajstić information content (AvgIpc) is 3.40. The van der Waals surface area contributed by atoms with Gasteiger partial charge in [0.15, 0.2) is 0 Å². The molecule has 1 fully saturated rings. The number of pyridine rings is 1. The van der Waals surface area contributed by atoms with Crippen LogP contribution in [0.2, 0.25) is 0 Å². The SMILES string of the molecule is Cc1nc2nnc3ccc(C(=O)NCc4ccccn4)cc3c2n1CC1CCCO1. The number of hydrogen-bond acceptors (Lipinski definition) is 6. The number of nitrogens with zero attached hydrogens (tertiary/aromatic N) is 5. The van der Waals surface area contributed by atoms with E-state index in [0.29, 0.717) is 17.8 Å². The maximum atomic E-state index is 12.7. The summed E-state index contributed by atoms with van der Waals surface area (Å²) in [6.07, 6.45) is 4.01. The van der Waals surface area contributed by atoms with E-state index >= 15 is 0 Å². The minimum absolute atomic E-state index is 0.158. The summed E-state index contributed by atoms with van der Waals surface area (Å²) >= 11 is 0. The standard InChI is InChI=1S/C22H22N6O2/c1-14-25-21-20(28(14)13-17-6-4-10-30-17)18-11-15(7-8-19(18)26-27-21)22(29)24-12-16-5-2-3-9-23-16/h2-3,5,7-9,11,17H,4,6,10,12-13H2,1H3,(H,24,29). The molecule has 30 heavy (non-hydrogen) atoms. The molecule has 1 atom stereocenters. The summed E-state index contributed by atoms with van der Waals surface area (Å²) in [5.74, 6) is 0.710. The van der Waals surface area contributed by atoms with E-state index in [1.54, 1.807) is 12.3 Å². The predicted octanol–water partition coefficient (Wildman–Crippen LogP) is 2.79. The summed E-state index contributed by atoms with van der Waals surface area (Å²) in [7, 11) is 0. The fourth-order valence-electron chi connectivity index (χ4n) is 3.93. The normalized spacial score (nSPS) is 16.4. The summed E-state index contributed by atoms with van der Waals surface area (Å²) in [6.45, 7) is 3.86. The fraction of sp³-hybridized carbons (Fsp3) is 0.318. The highest BCUT2D eigenvalue weighted by atomic mass is 16.5. The Labute approximate surface area is 173 Å². The largest absolute Gasteiger partial charge is 0.376 e. The Morgan fingerprint density at radius 2 is 2.20 bits per heavy atom. The first-order valence-electron chi connectivity index (χ1n) is 10.1. The van der Waals surface area contributed by atoms with Gasteiger partial charge in [-0.05, 0) is 50.1 Å². The van der Waals surface area contributed by atoms with Crippen molar-refractivity contribution in [1.29, 1.82) is 0 Å². The molecular weight excluding hydrogens is 380 g/mol. The molecule has 1 amide bonds. The van der Waals surface area contributed by atoms with E-state index in [4.69, 9.17) is 4.74 Å². The lowest BCUT2D eigenvalue weighted by atomic mass is 10.1. The summed E-state index contributed by atoms with van der Waals surface area (Å²) in [5, 5.41) is 12.4. The van der Waals surface area contributed by atoms with Crippen LogP contribution in [0.5, 0.6) is 0 Å². The Hall–Kier alpha value is -3.39. The molecule has 0 saturated carbocycles. The zero-order valence-corrected chi connectivity index (χ0v) is 16.7. The number of aromatic nitrogens is 5. The van der Waals surface area contributed by atoms with Crippen molar-refractivity contribution < 1.29 is 9.53 Å². The first-order chi connectivity index (χ1) is 14.7. The van der Waals surface area contributed by atoms with Gasteiger partial charge in [0.1, 0.15) is 5.82 Å². The van der Waals surface area contributed by atoms with Gasteiger partial charge >= 0.3 is 0 Å². The molecule has 0 radical (unpaired) electrons. The van der Waals surface area contributed by atoms with Crippen LogP contribution in [0.4, 0.5) is 0 Å². The number of carbonyl (C=O) groups excluding carboxylic acids is 1. The molecule has 1 aliphatic heterocycles. The van der Waals surface area contributed by atoms with Gasteiger partial charge in [-0.2, -0.15) is 0 Å². The second kappa shape index (κ2) is 7.79. The van der Waals surface area contributed by atoms with E-state index in [-0.39, 0.29) is 12.0 Å². The third-order valence-corrected chi connectivity index (χ3v) is 5.47. The van der Waals surface area contributed by atoms with E-state index in [0.717, 1.165) is 53.9 Å². The zero-order valence-electron chi connectivity index (χ0n) is 16.7. The molecule has 1 unspecified atom stereocenters. The lowest BCUT2D eigenvalue weighted by Crippen LogP contribution is -2.23. The molecule has 0 aliphatic carbocycles. The Morgan fingerprint density at radius 1 is 1.27 bits per heavy atom. The molecule has 0 spiro atoms. The molecule has 3 aromatic heterocycles. The fourth-order valence-corrected chi connectivity index (χ4v) is 3.93. The number of amides is 1. The summed E-state index contributed by atoms with van der Waals surface area (Å²) < 4.78 is 7.96. The number of hydrogen-bond donors (Lipinski definition) is 1. The van der Waals surface area contributed by atoms with Gasteiger partial charge in [0.25, 0.3) is 5.91 Å². The Kier molecular flexibility index (Phi) is 4.84. The first kappa shape index (κ1) is 18.6. The topological polar surface area (TPSA) is 94.8 Å². The van der Waals surface area contributed by atoms with Crippen molar-refractivity contribution >= 4 is 28.0 Å². The molecular formula is C22H22N6O2. The molecule has 1 saturated heterocycles. The molecule has 4 heterocycles. The first-order valence-corrected chi connectivity index (χ1v) is 10.1. The summed E-state index contributed by atoms with van der Waals surface area (Å²) in [5.41, 5.74) is 3.59. The van der Waals surface area contributed by atoms with Crippen molar-refractivity contribution in [3.8, 4) is 0 Å². The van der Waals surface area contributed by atoms with Crippen LogP contribution in [0.3, 0.4) is 0 Å². The summed E-state index contributed by atoms with van der Waals surface area (Å²) in [4.78, 5) is 21.6. The van der Waals surface area contributed by atoms with Crippen LogP contribution >= 0.6 is 0 Å². The van der Waals surface area contributed by atoms with Crippen LogP contribution in [0.25, 0.3) is 22.1 Å². The smallest absolute Gasteiger partial charge is 0.251 e. The van der Waals surface area contributed by atoms with Gasteiger partial charge in [-0.1, -0.05) is 6.07 Å². The number of aryl methyl sites for hydroxylation is 1. The molecule has 1 N–H and O–H groups in total. The van der Waals surface area contributed by atoms with Gasteiger partial charge in [0, 0.05) is 23.8 Å². The number of nitrogens with one attached hydrogen (secondary N) is 1. The Bertz CT molecular complexity index is 1210. The molecule has 1 aliphatic rings. The van der Waals surface area contributed by atoms with Crippen molar-refractivity contribution in [2.45, 2.75) is 39.0 Å². The number of imidazole rings is 1. The van der Waals surface area contributed by atoms with Crippen LogP contribution in [-0.4, -0.2) is 43.4 Å². The third-order valence-electron chi connectivity index (χ3n) is 5.47. The van der Waals surface area contributed by atoms with Gasteiger partial charge in [-0.3, -0.25) is 9.78 Å². The summed E-state index contributed by atoms with van der Waals surface area (Å²) in [6, 6.07) is 11.1. The van der Waals surface area contributed by atoms with E-state index in [1.165, 1.54) is 0 Å². The highest BCUT2D eigenvalue weighted by Gasteiger charge is 2.21. The van der Waals surface area contributed by atoms with Crippen LogP contribution in [-0.2, 0) is 17.8 Å². The zero-order chi connectivity index (χ0) is 20.5. The van der Waals surface area contributed by atoms with Gasteiger partial charge in [-0.15, -0.1) is 10.2 Å². The molecule has 152 valence electrons. The highest BCUT2D eigenvalue weighted by molar-refractivity contribution is 6.05. The van der Waals surface area contributed by atoms with E-state index in [9.17, 15) is 4.79 Å². The maximum absolute atomic E-state index is 12.7. The van der Waals surface area contributed by atoms with Crippen molar-refractivity contribution in [2.24, 2.45) is 0 Å². The number of carbonyl (C=O) groups is 1. The average molecular weight is 402 g/mol. The molecule has 0 bridgehead atoms. The quantitative estimate of drug-likeness (QED) is 0.552. The van der Waals surface area contributed by atoms with Crippen molar-refractivity contribution in [3.05, 3.63) is 59.7 Å². The van der Waals surface area contributed by atoms with Crippen LogP contribution in [0.15, 0.2) is 42.6 Å².